The highest BCUT2D eigenvalue weighted by Crippen LogP contribution is 2.14. The van der Waals surface area contributed by atoms with Crippen molar-refractivity contribution in [2.75, 3.05) is 20.1 Å². The van der Waals surface area contributed by atoms with Gasteiger partial charge in [-0.1, -0.05) is 23.7 Å². The maximum atomic E-state index is 12.3. The molecule has 0 unspecified atom stereocenters. The van der Waals surface area contributed by atoms with Gasteiger partial charge < -0.3 is 10.2 Å². The second kappa shape index (κ2) is 7.31. The van der Waals surface area contributed by atoms with E-state index in [0.717, 1.165) is 0 Å². The molecule has 2 amide bonds. The van der Waals surface area contributed by atoms with E-state index in [2.05, 4.69) is 20.7 Å². The average Bonchev–Trinajstić information content (AvgIpc) is 3.09. The molecule has 0 atom stereocenters. The number of carbonyl (C=O) groups excluding carboxylic acids is 2. The number of para-hydroxylation sites is 1. The van der Waals surface area contributed by atoms with Gasteiger partial charge in [0.1, 0.15) is 11.0 Å². The monoisotopic (exact) mass is 357 g/mol. The van der Waals surface area contributed by atoms with E-state index in [1.165, 1.54) is 4.90 Å². The van der Waals surface area contributed by atoms with Gasteiger partial charge in [-0.15, -0.1) is 0 Å². The van der Waals surface area contributed by atoms with Crippen LogP contribution in [-0.4, -0.2) is 52.3 Å². The van der Waals surface area contributed by atoms with Crippen molar-refractivity contribution in [3.05, 3.63) is 58.6 Å². The molecule has 3 aromatic rings. The van der Waals surface area contributed by atoms with Crippen LogP contribution in [0.3, 0.4) is 0 Å². The van der Waals surface area contributed by atoms with Gasteiger partial charge in [0.2, 0.25) is 0 Å². The Morgan fingerprint density at radius 2 is 2.00 bits per heavy atom. The van der Waals surface area contributed by atoms with Crippen molar-refractivity contribution in [3.63, 3.8) is 0 Å². The van der Waals surface area contributed by atoms with Crippen LogP contribution in [0.5, 0.6) is 0 Å². The van der Waals surface area contributed by atoms with Crippen LogP contribution in [0.15, 0.2) is 42.5 Å². The molecule has 0 aliphatic rings. The quantitative estimate of drug-likeness (QED) is 0.731. The molecule has 128 valence electrons. The van der Waals surface area contributed by atoms with Crippen LogP contribution in [0, 0.1) is 0 Å². The molecule has 0 aliphatic heterocycles. The van der Waals surface area contributed by atoms with Gasteiger partial charge in [-0.05, 0) is 30.3 Å². The third kappa shape index (κ3) is 3.77. The summed E-state index contributed by atoms with van der Waals surface area (Å²) in [6.45, 7) is 0.682. The van der Waals surface area contributed by atoms with E-state index in [1.807, 2.05) is 0 Å². The van der Waals surface area contributed by atoms with Crippen molar-refractivity contribution < 1.29 is 9.59 Å². The largest absolute Gasteiger partial charge is 0.350 e. The number of nitrogens with zero attached hydrogens (tertiary/aromatic N) is 3. The average molecular weight is 358 g/mol. The van der Waals surface area contributed by atoms with Crippen LogP contribution in [-0.2, 0) is 0 Å². The van der Waals surface area contributed by atoms with E-state index < -0.39 is 0 Å². The van der Waals surface area contributed by atoms with E-state index in [0.29, 0.717) is 40.3 Å². The summed E-state index contributed by atoms with van der Waals surface area (Å²) in [5.41, 5.74) is 2.09. The van der Waals surface area contributed by atoms with Gasteiger partial charge in [0, 0.05) is 30.7 Å². The molecule has 0 saturated heterocycles. The zero-order valence-corrected chi connectivity index (χ0v) is 14.2. The van der Waals surface area contributed by atoms with Gasteiger partial charge in [0.25, 0.3) is 11.8 Å². The minimum absolute atomic E-state index is 0.157. The van der Waals surface area contributed by atoms with Gasteiger partial charge >= 0.3 is 0 Å². The predicted octanol–water partition coefficient (Wildman–Crippen LogP) is 2.11. The van der Waals surface area contributed by atoms with Crippen molar-refractivity contribution in [1.82, 2.24) is 25.6 Å². The Bertz CT molecular complexity index is 924. The molecular weight excluding hydrogens is 342 g/mol. The molecule has 7 nitrogen and oxygen atoms in total. The Kier molecular flexibility index (Phi) is 4.95. The van der Waals surface area contributed by atoms with Crippen molar-refractivity contribution in [2.45, 2.75) is 0 Å². The van der Waals surface area contributed by atoms with Gasteiger partial charge in [-0.3, -0.25) is 9.59 Å². The lowest BCUT2D eigenvalue weighted by Gasteiger charge is -2.17. The van der Waals surface area contributed by atoms with E-state index in [1.54, 1.807) is 49.5 Å². The smallest absolute Gasteiger partial charge is 0.253 e. The van der Waals surface area contributed by atoms with Crippen molar-refractivity contribution in [1.29, 1.82) is 0 Å². The minimum Gasteiger partial charge on any atom is -0.350 e. The SMILES string of the molecule is CN(CCNC(=O)c1cccc2n[nH]nc12)C(=O)c1cccc(Cl)c1. The molecule has 0 fully saturated rings. The number of H-pyrrole nitrogens is 1. The van der Waals surface area contributed by atoms with Crippen LogP contribution in [0.25, 0.3) is 11.0 Å². The van der Waals surface area contributed by atoms with E-state index >= 15 is 0 Å². The highest BCUT2D eigenvalue weighted by atomic mass is 35.5. The number of hydrogen-bond acceptors (Lipinski definition) is 4. The standard InChI is InChI=1S/C17H16ClN5O2/c1-23(17(25)11-4-2-5-12(18)10-11)9-8-19-16(24)13-6-3-7-14-15(13)21-22-20-14/h2-7,10H,8-9H2,1H3,(H,19,24)(H,20,21,22). The zero-order valence-electron chi connectivity index (χ0n) is 13.5. The predicted molar refractivity (Wildman–Crippen MR) is 94.6 cm³/mol. The van der Waals surface area contributed by atoms with Crippen LogP contribution >= 0.6 is 11.6 Å². The van der Waals surface area contributed by atoms with Crippen LogP contribution in [0.1, 0.15) is 20.7 Å². The summed E-state index contributed by atoms with van der Waals surface area (Å²) in [5, 5.41) is 13.7. The number of likely N-dealkylation sites (N-methyl/N-ethyl adjacent to an activating group) is 1. The van der Waals surface area contributed by atoms with Crippen LogP contribution < -0.4 is 5.32 Å². The first-order chi connectivity index (χ1) is 12.1. The van der Waals surface area contributed by atoms with Crippen molar-refractivity contribution >= 4 is 34.4 Å². The first kappa shape index (κ1) is 16.9. The van der Waals surface area contributed by atoms with Crippen molar-refractivity contribution in [3.8, 4) is 0 Å². The molecule has 3 rings (SSSR count). The molecular formula is C17H16ClN5O2. The molecule has 25 heavy (non-hydrogen) atoms. The number of aromatic amines is 1. The van der Waals surface area contributed by atoms with Crippen LogP contribution in [0.2, 0.25) is 5.02 Å². The summed E-state index contributed by atoms with van der Waals surface area (Å²) in [7, 11) is 1.67. The Morgan fingerprint density at radius 3 is 2.80 bits per heavy atom. The lowest BCUT2D eigenvalue weighted by molar-refractivity contribution is 0.0787. The summed E-state index contributed by atoms with van der Waals surface area (Å²) in [6, 6.07) is 12.0. The molecule has 8 heteroatoms. The number of fused-ring (bicyclic) bond motifs is 1. The molecule has 1 aromatic heterocycles. The fourth-order valence-corrected chi connectivity index (χ4v) is 2.62. The van der Waals surface area contributed by atoms with E-state index in [9.17, 15) is 9.59 Å². The van der Waals surface area contributed by atoms with E-state index in [4.69, 9.17) is 11.6 Å². The fourth-order valence-electron chi connectivity index (χ4n) is 2.43. The Morgan fingerprint density at radius 1 is 1.20 bits per heavy atom. The number of halogens is 1. The van der Waals surface area contributed by atoms with Gasteiger partial charge in [-0.2, -0.15) is 15.4 Å². The van der Waals surface area contributed by atoms with E-state index in [-0.39, 0.29) is 11.8 Å². The first-order valence-corrected chi connectivity index (χ1v) is 8.03. The Labute approximate surface area is 149 Å². The second-order valence-electron chi connectivity index (χ2n) is 5.49. The molecule has 0 spiro atoms. The maximum absolute atomic E-state index is 12.3. The number of nitrogens with one attached hydrogen (secondary N) is 2. The topological polar surface area (TPSA) is 91.0 Å². The number of benzene rings is 2. The fraction of sp³-hybridized carbons (Fsp3) is 0.176. The lowest BCUT2D eigenvalue weighted by atomic mass is 10.1. The number of aromatic nitrogens is 3. The van der Waals surface area contributed by atoms with Gasteiger partial charge in [-0.25, -0.2) is 0 Å². The number of hydrogen-bond donors (Lipinski definition) is 2. The minimum atomic E-state index is -0.261. The summed E-state index contributed by atoms with van der Waals surface area (Å²) in [6.07, 6.45) is 0. The molecule has 0 aliphatic carbocycles. The van der Waals surface area contributed by atoms with Crippen molar-refractivity contribution in [2.24, 2.45) is 0 Å². The highest BCUT2D eigenvalue weighted by Gasteiger charge is 2.14. The normalized spacial score (nSPS) is 10.6. The van der Waals surface area contributed by atoms with Crippen LogP contribution in [0.4, 0.5) is 0 Å². The summed E-state index contributed by atoms with van der Waals surface area (Å²) in [5.74, 6) is -0.418. The number of rotatable bonds is 5. The van der Waals surface area contributed by atoms with Gasteiger partial charge in [0.05, 0.1) is 5.56 Å². The molecule has 0 radical (unpaired) electrons. The molecule has 0 saturated carbocycles. The first-order valence-electron chi connectivity index (χ1n) is 7.65. The maximum Gasteiger partial charge on any atom is 0.253 e. The lowest BCUT2D eigenvalue weighted by Crippen LogP contribution is -2.36. The molecule has 2 N–H and O–H groups in total. The summed E-state index contributed by atoms with van der Waals surface area (Å²) >= 11 is 5.90. The molecule has 0 bridgehead atoms. The van der Waals surface area contributed by atoms with Gasteiger partial charge in [0.15, 0.2) is 0 Å². The third-order valence-corrected chi connectivity index (χ3v) is 3.98. The highest BCUT2D eigenvalue weighted by molar-refractivity contribution is 6.30. The summed E-state index contributed by atoms with van der Waals surface area (Å²) < 4.78 is 0. The Balaban J connectivity index is 1.58. The summed E-state index contributed by atoms with van der Waals surface area (Å²) in [4.78, 5) is 26.2. The third-order valence-electron chi connectivity index (χ3n) is 3.74. The number of carbonyl (C=O) groups is 2. The zero-order chi connectivity index (χ0) is 17.8. The Hall–Kier alpha value is -2.93. The molecule has 2 aromatic carbocycles. The molecule has 1 heterocycles. The second-order valence-corrected chi connectivity index (χ2v) is 5.93. The number of amides is 2.